The highest BCUT2D eigenvalue weighted by Gasteiger charge is 2.46. The molecule has 1 aliphatic rings. The third-order valence-corrected chi connectivity index (χ3v) is 3.57. The van der Waals surface area contributed by atoms with Crippen molar-refractivity contribution in [2.75, 3.05) is 13.2 Å². The third kappa shape index (κ3) is 3.43. The van der Waals surface area contributed by atoms with Gasteiger partial charge in [-0.1, -0.05) is 27.7 Å². The first-order valence-electron chi connectivity index (χ1n) is 7.02. The molecule has 0 spiro atoms. The van der Waals surface area contributed by atoms with Crippen LogP contribution in [0.25, 0.3) is 0 Å². The van der Waals surface area contributed by atoms with Gasteiger partial charge in [0.15, 0.2) is 0 Å². The summed E-state index contributed by atoms with van der Waals surface area (Å²) in [4.78, 5) is 0. The van der Waals surface area contributed by atoms with Crippen molar-refractivity contribution < 1.29 is 9.47 Å². The molecule has 1 rings (SSSR count). The zero-order chi connectivity index (χ0) is 13.0. The van der Waals surface area contributed by atoms with E-state index < -0.39 is 0 Å². The van der Waals surface area contributed by atoms with Gasteiger partial charge in [-0.15, -0.1) is 0 Å². The van der Waals surface area contributed by atoms with Crippen LogP contribution in [0.4, 0.5) is 0 Å². The molecular weight excluding hydrogens is 214 g/mol. The molecule has 1 aliphatic heterocycles. The van der Waals surface area contributed by atoms with Gasteiger partial charge in [-0.05, 0) is 25.7 Å². The second kappa shape index (κ2) is 6.72. The molecule has 1 N–H and O–H groups in total. The smallest absolute Gasteiger partial charge is 0.101 e. The van der Waals surface area contributed by atoms with Crippen LogP contribution in [0.2, 0.25) is 0 Å². The molecule has 0 unspecified atom stereocenters. The van der Waals surface area contributed by atoms with E-state index in [4.69, 9.17) is 9.47 Å². The Morgan fingerprint density at radius 1 is 0.824 bits per heavy atom. The summed E-state index contributed by atoms with van der Waals surface area (Å²) in [6.07, 6.45) is 0.375. The summed E-state index contributed by atoms with van der Waals surface area (Å²) < 4.78 is 11.9. The topological polar surface area (TPSA) is 30.5 Å². The molecule has 0 radical (unpaired) electrons. The predicted molar refractivity (Wildman–Crippen MR) is 71.2 cm³/mol. The standard InChI is InChI=1S/C14H29NO2/c1-7-16-13-11(9(3)4)15-12(10(5)6)14(13)17-8-2/h9-15H,7-8H2,1-6H3/t11-,12-,13+,14+/m1/s1. The number of rotatable bonds is 6. The van der Waals surface area contributed by atoms with Crippen molar-refractivity contribution in [1.29, 1.82) is 0 Å². The first-order valence-corrected chi connectivity index (χ1v) is 7.02. The lowest BCUT2D eigenvalue weighted by Gasteiger charge is -2.27. The minimum absolute atomic E-state index is 0.187. The van der Waals surface area contributed by atoms with Gasteiger partial charge in [0.25, 0.3) is 0 Å². The molecule has 1 heterocycles. The number of hydrogen-bond acceptors (Lipinski definition) is 3. The van der Waals surface area contributed by atoms with Crippen LogP contribution in [0.1, 0.15) is 41.5 Å². The maximum Gasteiger partial charge on any atom is 0.101 e. The average molecular weight is 243 g/mol. The molecule has 17 heavy (non-hydrogen) atoms. The Kier molecular flexibility index (Phi) is 5.90. The summed E-state index contributed by atoms with van der Waals surface area (Å²) in [6.45, 7) is 14.6. The lowest BCUT2D eigenvalue weighted by molar-refractivity contribution is -0.0670. The second-order valence-electron chi connectivity index (χ2n) is 5.55. The summed E-state index contributed by atoms with van der Waals surface area (Å²) in [6, 6.07) is 0.804. The predicted octanol–water partition coefficient (Wildman–Crippen LogP) is 2.45. The molecule has 0 aromatic carbocycles. The van der Waals surface area contributed by atoms with Crippen LogP contribution in [0, 0.1) is 11.8 Å². The highest BCUT2D eigenvalue weighted by Crippen LogP contribution is 2.29. The molecule has 1 fully saturated rings. The molecule has 102 valence electrons. The summed E-state index contributed by atoms with van der Waals surface area (Å²) in [5, 5.41) is 3.71. The van der Waals surface area contributed by atoms with E-state index >= 15 is 0 Å². The molecule has 0 aromatic rings. The molecule has 4 atom stereocenters. The molecular formula is C14H29NO2. The van der Waals surface area contributed by atoms with Crippen molar-refractivity contribution in [3.8, 4) is 0 Å². The fraction of sp³-hybridized carbons (Fsp3) is 1.00. The van der Waals surface area contributed by atoms with Gasteiger partial charge in [0, 0.05) is 25.3 Å². The molecule has 0 amide bonds. The summed E-state index contributed by atoms with van der Waals surface area (Å²) in [7, 11) is 0. The van der Waals surface area contributed by atoms with Gasteiger partial charge in [-0.25, -0.2) is 0 Å². The highest BCUT2D eigenvalue weighted by molar-refractivity contribution is 5.02. The molecule has 0 aromatic heterocycles. The molecule has 0 aliphatic carbocycles. The van der Waals surface area contributed by atoms with Gasteiger partial charge in [0.1, 0.15) is 12.2 Å². The summed E-state index contributed by atoms with van der Waals surface area (Å²) in [5.74, 6) is 1.14. The lowest BCUT2D eigenvalue weighted by Crippen LogP contribution is -2.40. The maximum absolute atomic E-state index is 5.93. The molecule has 0 bridgehead atoms. The Balaban J connectivity index is 2.83. The van der Waals surface area contributed by atoms with Crippen LogP contribution in [-0.2, 0) is 9.47 Å². The van der Waals surface area contributed by atoms with Gasteiger partial charge in [-0.2, -0.15) is 0 Å². The van der Waals surface area contributed by atoms with Crippen molar-refractivity contribution in [2.45, 2.75) is 65.8 Å². The minimum Gasteiger partial charge on any atom is -0.374 e. The SMILES string of the molecule is CCO[C@@H]1[C@@H](OCC)[C@@H](C(C)C)N[C@@H]1C(C)C. The van der Waals surface area contributed by atoms with E-state index in [2.05, 4.69) is 46.9 Å². The van der Waals surface area contributed by atoms with Crippen LogP contribution >= 0.6 is 0 Å². The summed E-state index contributed by atoms with van der Waals surface area (Å²) >= 11 is 0. The first-order chi connectivity index (χ1) is 8.02. The molecule has 0 saturated carbocycles. The van der Waals surface area contributed by atoms with Gasteiger partial charge in [-0.3, -0.25) is 0 Å². The minimum atomic E-state index is 0.187. The Hall–Kier alpha value is -0.120. The Bertz CT molecular complexity index is 196. The number of hydrogen-bond donors (Lipinski definition) is 1. The second-order valence-corrected chi connectivity index (χ2v) is 5.55. The molecule has 3 heteroatoms. The van der Waals surface area contributed by atoms with E-state index in [-0.39, 0.29) is 12.2 Å². The monoisotopic (exact) mass is 243 g/mol. The normalized spacial score (nSPS) is 33.9. The Morgan fingerprint density at radius 2 is 1.18 bits per heavy atom. The van der Waals surface area contributed by atoms with E-state index in [9.17, 15) is 0 Å². The fourth-order valence-electron chi connectivity index (χ4n) is 2.75. The van der Waals surface area contributed by atoms with Gasteiger partial charge in [0.05, 0.1) is 0 Å². The van der Waals surface area contributed by atoms with Crippen LogP contribution in [0.15, 0.2) is 0 Å². The summed E-state index contributed by atoms with van der Waals surface area (Å²) in [5.41, 5.74) is 0. The van der Waals surface area contributed by atoms with Crippen molar-refractivity contribution in [3.63, 3.8) is 0 Å². The largest absolute Gasteiger partial charge is 0.374 e. The third-order valence-electron chi connectivity index (χ3n) is 3.57. The van der Waals surface area contributed by atoms with Crippen molar-refractivity contribution >= 4 is 0 Å². The van der Waals surface area contributed by atoms with Gasteiger partial charge >= 0.3 is 0 Å². The van der Waals surface area contributed by atoms with Crippen molar-refractivity contribution in [1.82, 2.24) is 5.32 Å². The van der Waals surface area contributed by atoms with Crippen molar-refractivity contribution in [2.24, 2.45) is 11.8 Å². The van der Waals surface area contributed by atoms with Crippen molar-refractivity contribution in [3.05, 3.63) is 0 Å². The molecule has 3 nitrogen and oxygen atoms in total. The highest BCUT2D eigenvalue weighted by atomic mass is 16.5. The zero-order valence-electron chi connectivity index (χ0n) is 12.2. The average Bonchev–Trinajstić information content (AvgIpc) is 2.59. The number of nitrogens with one attached hydrogen (secondary N) is 1. The van der Waals surface area contributed by atoms with E-state index in [1.165, 1.54) is 0 Å². The maximum atomic E-state index is 5.93. The van der Waals surface area contributed by atoms with Gasteiger partial charge in [0.2, 0.25) is 0 Å². The van der Waals surface area contributed by atoms with E-state index in [0.717, 1.165) is 13.2 Å². The quantitative estimate of drug-likeness (QED) is 0.777. The van der Waals surface area contributed by atoms with E-state index in [1.54, 1.807) is 0 Å². The molecule has 1 saturated heterocycles. The van der Waals surface area contributed by atoms with Crippen LogP contribution in [-0.4, -0.2) is 37.5 Å². The van der Waals surface area contributed by atoms with E-state index in [1.807, 2.05) is 0 Å². The lowest BCUT2D eigenvalue weighted by atomic mass is 9.95. The zero-order valence-corrected chi connectivity index (χ0v) is 12.2. The fourth-order valence-corrected chi connectivity index (χ4v) is 2.75. The number of ether oxygens (including phenoxy) is 2. The van der Waals surface area contributed by atoms with E-state index in [0.29, 0.717) is 23.9 Å². The van der Waals surface area contributed by atoms with Crippen LogP contribution in [0.5, 0.6) is 0 Å². The van der Waals surface area contributed by atoms with Crippen LogP contribution < -0.4 is 5.32 Å². The van der Waals surface area contributed by atoms with Gasteiger partial charge < -0.3 is 14.8 Å². The first kappa shape index (κ1) is 14.9. The Morgan fingerprint density at radius 3 is 1.41 bits per heavy atom. The Labute approximate surface area is 106 Å². The van der Waals surface area contributed by atoms with Crippen LogP contribution in [0.3, 0.4) is 0 Å².